The van der Waals surface area contributed by atoms with Gasteiger partial charge in [0.2, 0.25) is 5.91 Å². The van der Waals surface area contributed by atoms with E-state index >= 15 is 0 Å². The second kappa shape index (κ2) is 7.40. The van der Waals surface area contributed by atoms with Crippen LogP contribution >= 0.6 is 0 Å². The third-order valence-electron chi connectivity index (χ3n) is 4.18. The molecule has 1 fully saturated rings. The van der Waals surface area contributed by atoms with Crippen LogP contribution in [0.5, 0.6) is 0 Å². The van der Waals surface area contributed by atoms with Crippen molar-refractivity contribution in [2.24, 2.45) is 5.73 Å². The molecular formula is C19H22N2O2. The van der Waals surface area contributed by atoms with Crippen LogP contribution in [0.1, 0.15) is 17.2 Å². The van der Waals surface area contributed by atoms with E-state index in [0.717, 1.165) is 12.0 Å². The van der Waals surface area contributed by atoms with Gasteiger partial charge >= 0.3 is 0 Å². The molecule has 0 aliphatic carbocycles. The molecule has 2 atom stereocenters. The van der Waals surface area contributed by atoms with Crippen LogP contribution in [0.2, 0.25) is 0 Å². The maximum Gasteiger partial charge on any atom is 0.244 e. The lowest BCUT2D eigenvalue weighted by atomic mass is 10.0. The fourth-order valence-corrected chi connectivity index (χ4v) is 2.92. The molecule has 1 heterocycles. The Bertz CT molecular complexity index is 630. The van der Waals surface area contributed by atoms with Crippen molar-refractivity contribution in [3.8, 4) is 0 Å². The van der Waals surface area contributed by atoms with Crippen LogP contribution in [0, 0.1) is 0 Å². The van der Waals surface area contributed by atoms with Gasteiger partial charge in [0.15, 0.2) is 0 Å². The van der Waals surface area contributed by atoms with E-state index in [1.807, 2.05) is 53.4 Å². The van der Waals surface area contributed by atoms with Gasteiger partial charge in [0.05, 0.1) is 12.7 Å². The van der Waals surface area contributed by atoms with E-state index in [-0.39, 0.29) is 12.0 Å². The topological polar surface area (TPSA) is 55.6 Å². The number of carbonyl (C=O) groups is 1. The fraction of sp³-hybridized carbons (Fsp3) is 0.316. The smallest absolute Gasteiger partial charge is 0.244 e. The summed E-state index contributed by atoms with van der Waals surface area (Å²) in [6.07, 6.45) is 0.837. The molecule has 0 saturated carbocycles. The number of ether oxygens (including phenoxy) is 1. The van der Waals surface area contributed by atoms with E-state index in [1.54, 1.807) is 0 Å². The van der Waals surface area contributed by atoms with Crippen molar-refractivity contribution in [2.75, 3.05) is 19.7 Å². The molecule has 0 aromatic heterocycles. The number of benzene rings is 2. The monoisotopic (exact) mass is 310 g/mol. The minimum absolute atomic E-state index is 0.0260. The molecule has 120 valence electrons. The minimum Gasteiger partial charge on any atom is -0.374 e. The Labute approximate surface area is 136 Å². The molecule has 1 aliphatic heterocycles. The summed E-state index contributed by atoms with van der Waals surface area (Å²) >= 11 is 0. The highest BCUT2D eigenvalue weighted by Crippen LogP contribution is 2.17. The lowest BCUT2D eigenvalue weighted by Crippen LogP contribution is -2.49. The van der Waals surface area contributed by atoms with Crippen molar-refractivity contribution in [1.82, 2.24) is 4.90 Å². The van der Waals surface area contributed by atoms with Crippen molar-refractivity contribution < 1.29 is 9.53 Å². The van der Waals surface area contributed by atoms with Gasteiger partial charge in [0.1, 0.15) is 6.04 Å². The molecule has 2 aromatic rings. The predicted octanol–water partition coefficient (Wildman–Crippen LogP) is 2.16. The van der Waals surface area contributed by atoms with Crippen molar-refractivity contribution in [2.45, 2.75) is 18.6 Å². The average molecular weight is 310 g/mol. The summed E-state index contributed by atoms with van der Waals surface area (Å²) in [6.45, 7) is 1.75. The Balaban J connectivity index is 1.63. The minimum atomic E-state index is -0.605. The summed E-state index contributed by atoms with van der Waals surface area (Å²) in [6, 6.07) is 19.1. The van der Waals surface area contributed by atoms with E-state index in [2.05, 4.69) is 12.1 Å². The van der Waals surface area contributed by atoms with Crippen molar-refractivity contribution in [1.29, 1.82) is 0 Å². The maximum absolute atomic E-state index is 12.6. The van der Waals surface area contributed by atoms with Gasteiger partial charge in [-0.2, -0.15) is 0 Å². The van der Waals surface area contributed by atoms with E-state index < -0.39 is 6.04 Å². The highest BCUT2D eigenvalue weighted by Gasteiger charge is 2.28. The molecule has 1 amide bonds. The number of hydrogen-bond donors (Lipinski definition) is 1. The zero-order chi connectivity index (χ0) is 16.1. The highest BCUT2D eigenvalue weighted by atomic mass is 16.5. The zero-order valence-electron chi connectivity index (χ0n) is 13.1. The van der Waals surface area contributed by atoms with E-state index in [9.17, 15) is 4.79 Å². The molecule has 0 spiro atoms. The summed E-state index contributed by atoms with van der Waals surface area (Å²) < 4.78 is 5.81. The van der Waals surface area contributed by atoms with Gasteiger partial charge in [-0.15, -0.1) is 0 Å². The van der Waals surface area contributed by atoms with Crippen LogP contribution < -0.4 is 5.73 Å². The number of nitrogens with zero attached hydrogens (tertiary/aromatic N) is 1. The Kier molecular flexibility index (Phi) is 5.05. The second-order valence-electron chi connectivity index (χ2n) is 5.86. The maximum atomic E-state index is 12.6. The van der Waals surface area contributed by atoms with Gasteiger partial charge in [-0.3, -0.25) is 4.79 Å². The largest absolute Gasteiger partial charge is 0.374 e. The van der Waals surface area contributed by atoms with Crippen LogP contribution in [-0.2, 0) is 16.0 Å². The Morgan fingerprint density at radius 2 is 1.78 bits per heavy atom. The SMILES string of the molecule is N[C@@H](C(=O)N1CCO[C@@H](Cc2ccccc2)C1)c1ccccc1. The van der Waals surface area contributed by atoms with Crippen molar-refractivity contribution >= 4 is 5.91 Å². The molecule has 0 bridgehead atoms. The van der Waals surface area contributed by atoms with E-state index in [0.29, 0.717) is 19.7 Å². The molecule has 0 radical (unpaired) electrons. The first-order valence-corrected chi connectivity index (χ1v) is 7.99. The summed E-state index contributed by atoms with van der Waals surface area (Å²) in [4.78, 5) is 14.5. The summed E-state index contributed by atoms with van der Waals surface area (Å²) in [7, 11) is 0. The summed E-state index contributed by atoms with van der Waals surface area (Å²) in [5.74, 6) is -0.0300. The fourth-order valence-electron chi connectivity index (χ4n) is 2.92. The zero-order valence-corrected chi connectivity index (χ0v) is 13.1. The van der Waals surface area contributed by atoms with Crippen molar-refractivity contribution in [3.63, 3.8) is 0 Å². The molecular weight excluding hydrogens is 288 g/mol. The molecule has 4 nitrogen and oxygen atoms in total. The number of carbonyl (C=O) groups excluding carboxylic acids is 1. The lowest BCUT2D eigenvalue weighted by molar-refractivity contribution is -0.140. The standard InChI is InChI=1S/C19H22N2O2/c20-18(16-9-5-2-6-10-16)19(22)21-11-12-23-17(14-21)13-15-7-3-1-4-8-15/h1-10,17-18H,11-14,20H2/t17-,18+/m0/s1. The first-order chi connectivity index (χ1) is 11.2. The quantitative estimate of drug-likeness (QED) is 0.941. The van der Waals surface area contributed by atoms with Gasteiger partial charge in [0.25, 0.3) is 0 Å². The third kappa shape index (κ3) is 3.97. The number of rotatable bonds is 4. The van der Waals surface area contributed by atoms with Gasteiger partial charge < -0.3 is 15.4 Å². The molecule has 4 heteroatoms. The average Bonchev–Trinajstić information content (AvgIpc) is 2.62. The molecule has 2 aromatic carbocycles. The van der Waals surface area contributed by atoms with Crippen LogP contribution in [-0.4, -0.2) is 36.6 Å². The number of amides is 1. The first kappa shape index (κ1) is 15.7. The van der Waals surface area contributed by atoms with Gasteiger partial charge in [0, 0.05) is 19.5 Å². The third-order valence-corrected chi connectivity index (χ3v) is 4.18. The Morgan fingerprint density at radius 3 is 2.48 bits per heavy atom. The lowest BCUT2D eigenvalue weighted by Gasteiger charge is -2.34. The van der Waals surface area contributed by atoms with Crippen LogP contribution in [0.15, 0.2) is 60.7 Å². The molecule has 3 rings (SSSR count). The normalized spacial score (nSPS) is 19.3. The molecule has 1 aliphatic rings. The van der Waals surface area contributed by atoms with Gasteiger partial charge in [-0.25, -0.2) is 0 Å². The Hall–Kier alpha value is -2.17. The van der Waals surface area contributed by atoms with Crippen LogP contribution in [0.4, 0.5) is 0 Å². The Morgan fingerprint density at radius 1 is 1.13 bits per heavy atom. The predicted molar refractivity (Wildman–Crippen MR) is 89.8 cm³/mol. The number of nitrogens with two attached hydrogens (primary N) is 1. The van der Waals surface area contributed by atoms with Gasteiger partial charge in [-0.05, 0) is 11.1 Å². The first-order valence-electron chi connectivity index (χ1n) is 7.99. The highest BCUT2D eigenvalue weighted by molar-refractivity contribution is 5.83. The van der Waals surface area contributed by atoms with E-state index in [4.69, 9.17) is 10.5 Å². The van der Waals surface area contributed by atoms with Crippen LogP contribution in [0.25, 0.3) is 0 Å². The molecule has 1 saturated heterocycles. The second-order valence-corrected chi connectivity index (χ2v) is 5.86. The molecule has 0 unspecified atom stereocenters. The summed E-state index contributed by atoms with van der Waals surface area (Å²) in [5.41, 5.74) is 8.21. The molecule has 23 heavy (non-hydrogen) atoms. The van der Waals surface area contributed by atoms with Crippen LogP contribution in [0.3, 0.4) is 0 Å². The summed E-state index contributed by atoms with van der Waals surface area (Å²) in [5, 5.41) is 0. The van der Waals surface area contributed by atoms with E-state index in [1.165, 1.54) is 5.56 Å². The van der Waals surface area contributed by atoms with Gasteiger partial charge in [-0.1, -0.05) is 60.7 Å². The number of hydrogen-bond acceptors (Lipinski definition) is 3. The number of morpholine rings is 1. The molecule has 2 N–H and O–H groups in total. The van der Waals surface area contributed by atoms with Crippen molar-refractivity contribution in [3.05, 3.63) is 71.8 Å².